The highest BCUT2D eigenvalue weighted by atomic mass is 35.5. The quantitative estimate of drug-likeness (QED) is 0.468. The molecule has 2 N–H and O–H groups in total. The molecule has 0 radical (unpaired) electrons. The molecule has 0 saturated carbocycles. The molecule has 2 heterocycles. The van der Waals surface area contributed by atoms with E-state index in [0.29, 0.717) is 18.1 Å². The number of halogens is 1. The van der Waals surface area contributed by atoms with Crippen molar-refractivity contribution in [1.82, 2.24) is 14.7 Å². The van der Waals surface area contributed by atoms with Crippen LogP contribution >= 0.6 is 11.6 Å². The predicted molar refractivity (Wildman–Crippen MR) is 115 cm³/mol. The third-order valence-electron chi connectivity index (χ3n) is 4.88. The number of benzene rings is 2. The normalized spacial score (nSPS) is 11.2. The van der Waals surface area contributed by atoms with E-state index in [1.54, 1.807) is 0 Å². The third-order valence-corrected chi connectivity index (χ3v) is 5.15. The van der Waals surface area contributed by atoms with Crippen molar-refractivity contribution in [2.24, 2.45) is 0 Å². The van der Waals surface area contributed by atoms with Crippen molar-refractivity contribution >= 4 is 17.2 Å². The highest BCUT2D eigenvalue weighted by Gasteiger charge is 2.13. The first-order chi connectivity index (χ1) is 13.7. The van der Waals surface area contributed by atoms with E-state index in [9.17, 15) is 0 Å². The maximum atomic E-state index is 8.93. The first-order valence-corrected chi connectivity index (χ1v) is 9.69. The third kappa shape index (κ3) is 3.67. The summed E-state index contributed by atoms with van der Waals surface area (Å²) in [6.07, 6.45) is 4.05. The standard InChI is InChI=1S/C23H22ClN3O/c1-16-19(18-6-3-2-4-7-18)8-5-9-20(16)22-15-27-14-17(13-25-10-11-28)12-21(24)23(27)26-22/h2-9,12,14-15,25,28H,10-11,13H2,1H3. The molecule has 0 bridgehead atoms. The van der Waals surface area contributed by atoms with Gasteiger partial charge < -0.3 is 14.8 Å². The van der Waals surface area contributed by atoms with Crippen LogP contribution in [0, 0.1) is 6.92 Å². The molecule has 0 fully saturated rings. The lowest BCUT2D eigenvalue weighted by Crippen LogP contribution is -2.17. The van der Waals surface area contributed by atoms with Gasteiger partial charge in [0.25, 0.3) is 0 Å². The number of imidazole rings is 1. The smallest absolute Gasteiger partial charge is 0.156 e. The summed E-state index contributed by atoms with van der Waals surface area (Å²) < 4.78 is 1.97. The zero-order valence-electron chi connectivity index (χ0n) is 15.7. The highest BCUT2D eigenvalue weighted by Crippen LogP contribution is 2.32. The molecule has 0 aliphatic carbocycles. The topological polar surface area (TPSA) is 49.6 Å². The molecule has 0 atom stereocenters. The Bertz CT molecular complexity index is 1110. The number of hydrogen-bond donors (Lipinski definition) is 2. The fourth-order valence-corrected chi connectivity index (χ4v) is 3.77. The Labute approximate surface area is 169 Å². The second-order valence-electron chi connectivity index (χ2n) is 6.80. The highest BCUT2D eigenvalue weighted by molar-refractivity contribution is 6.33. The van der Waals surface area contributed by atoms with Gasteiger partial charge in [-0.1, -0.05) is 60.1 Å². The van der Waals surface area contributed by atoms with Crippen molar-refractivity contribution in [2.75, 3.05) is 13.2 Å². The minimum atomic E-state index is 0.113. The molecule has 0 unspecified atom stereocenters. The summed E-state index contributed by atoms with van der Waals surface area (Å²) in [5.41, 5.74) is 7.38. The average Bonchev–Trinajstić information content (AvgIpc) is 3.13. The second-order valence-corrected chi connectivity index (χ2v) is 7.21. The van der Waals surface area contributed by atoms with Crippen molar-refractivity contribution in [2.45, 2.75) is 13.5 Å². The van der Waals surface area contributed by atoms with Crippen molar-refractivity contribution in [3.8, 4) is 22.4 Å². The van der Waals surface area contributed by atoms with Gasteiger partial charge in [-0.25, -0.2) is 4.98 Å². The Morgan fingerprint density at radius 3 is 2.61 bits per heavy atom. The van der Waals surface area contributed by atoms with Gasteiger partial charge in [-0.2, -0.15) is 0 Å². The van der Waals surface area contributed by atoms with Crippen LogP contribution in [0.4, 0.5) is 0 Å². The molecule has 142 valence electrons. The monoisotopic (exact) mass is 391 g/mol. The first-order valence-electron chi connectivity index (χ1n) is 9.31. The molecule has 4 nitrogen and oxygen atoms in total. The minimum Gasteiger partial charge on any atom is -0.395 e. The molecule has 2 aromatic carbocycles. The van der Waals surface area contributed by atoms with E-state index in [0.717, 1.165) is 22.5 Å². The fraction of sp³-hybridized carbons (Fsp3) is 0.174. The van der Waals surface area contributed by atoms with E-state index in [-0.39, 0.29) is 6.61 Å². The number of nitrogens with one attached hydrogen (secondary N) is 1. The van der Waals surface area contributed by atoms with Gasteiger partial charge in [0.05, 0.1) is 17.3 Å². The van der Waals surface area contributed by atoms with Gasteiger partial charge in [-0.15, -0.1) is 0 Å². The summed E-state index contributed by atoms with van der Waals surface area (Å²) in [6.45, 7) is 3.44. The number of nitrogens with zero attached hydrogens (tertiary/aromatic N) is 2. The lowest BCUT2D eigenvalue weighted by molar-refractivity contribution is 0.292. The Hall–Kier alpha value is -2.66. The van der Waals surface area contributed by atoms with Crippen LogP contribution in [0.15, 0.2) is 67.0 Å². The maximum Gasteiger partial charge on any atom is 0.156 e. The van der Waals surface area contributed by atoms with Gasteiger partial charge in [-0.05, 0) is 35.2 Å². The molecule has 0 saturated heterocycles. The molecule has 4 aromatic rings. The van der Waals surface area contributed by atoms with Crippen molar-refractivity contribution < 1.29 is 5.11 Å². The molecule has 0 amide bonds. The Morgan fingerprint density at radius 2 is 1.82 bits per heavy atom. The van der Waals surface area contributed by atoms with Gasteiger partial charge in [-0.3, -0.25) is 0 Å². The number of aliphatic hydroxyl groups is 1. The van der Waals surface area contributed by atoms with E-state index < -0.39 is 0 Å². The van der Waals surface area contributed by atoms with Crippen LogP contribution in [0.1, 0.15) is 11.1 Å². The van der Waals surface area contributed by atoms with Crippen LogP contribution in [0.3, 0.4) is 0 Å². The van der Waals surface area contributed by atoms with E-state index in [1.165, 1.54) is 16.7 Å². The SMILES string of the molecule is Cc1c(-c2ccccc2)cccc1-c1cn2cc(CNCCO)cc(Cl)c2n1. The molecule has 0 aliphatic heterocycles. The largest absolute Gasteiger partial charge is 0.395 e. The lowest BCUT2D eigenvalue weighted by Gasteiger charge is -2.10. The number of pyridine rings is 1. The van der Waals surface area contributed by atoms with Gasteiger partial charge in [0.2, 0.25) is 0 Å². The summed E-state index contributed by atoms with van der Waals surface area (Å²) in [4.78, 5) is 4.79. The van der Waals surface area contributed by atoms with Crippen molar-refractivity contribution in [3.05, 3.63) is 83.1 Å². The summed E-state index contributed by atoms with van der Waals surface area (Å²) in [6, 6.07) is 18.6. The minimum absolute atomic E-state index is 0.113. The molecule has 5 heteroatoms. The molecule has 0 aliphatic rings. The summed E-state index contributed by atoms with van der Waals surface area (Å²) in [5.74, 6) is 0. The molecule has 0 spiro atoms. The molecular weight excluding hydrogens is 370 g/mol. The van der Waals surface area contributed by atoms with E-state index in [4.69, 9.17) is 21.7 Å². The molecule has 28 heavy (non-hydrogen) atoms. The zero-order chi connectivity index (χ0) is 19.5. The van der Waals surface area contributed by atoms with E-state index in [1.807, 2.05) is 28.9 Å². The first kappa shape index (κ1) is 18.7. The number of hydrogen-bond acceptors (Lipinski definition) is 3. The zero-order valence-corrected chi connectivity index (χ0v) is 16.4. The van der Waals surface area contributed by atoms with Crippen molar-refractivity contribution in [1.29, 1.82) is 0 Å². The number of aliphatic hydroxyl groups excluding tert-OH is 1. The van der Waals surface area contributed by atoms with Crippen LogP contribution in [0.25, 0.3) is 28.0 Å². The van der Waals surface area contributed by atoms with Crippen LogP contribution in [0.5, 0.6) is 0 Å². The average molecular weight is 392 g/mol. The lowest BCUT2D eigenvalue weighted by atomic mass is 9.95. The van der Waals surface area contributed by atoms with Gasteiger partial charge in [0, 0.05) is 31.0 Å². The summed E-state index contributed by atoms with van der Waals surface area (Å²) >= 11 is 6.48. The Morgan fingerprint density at radius 1 is 1.04 bits per heavy atom. The van der Waals surface area contributed by atoms with Crippen LogP contribution < -0.4 is 5.32 Å². The van der Waals surface area contributed by atoms with E-state index in [2.05, 4.69) is 54.7 Å². The Balaban J connectivity index is 1.74. The number of fused-ring (bicyclic) bond motifs is 1. The molecule has 4 rings (SSSR count). The fourth-order valence-electron chi connectivity index (χ4n) is 3.49. The van der Waals surface area contributed by atoms with Gasteiger partial charge >= 0.3 is 0 Å². The number of rotatable bonds is 6. The summed E-state index contributed by atoms with van der Waals surface area (Å²) in [7, 11) is 0. The predicted octanol–water partition coefficient (Wildman–Crippen LogP) is 4.71. The van der Waals surface area contributed by atoms with Crippen LogP contribution in [0.2, 0.25) is 5.02 Å². The van der Waals surface area contributed by atoms with Gasteiger partial charge in [0.1, 0.15) is 0 Å². The second kappa shape index (κ2) is 8.15. The number of aromatic nitrogens is 2. The summed E-state index contributed by atoms with van der Waals surface area (Å²) in [5, 5.41) is 12.7. The van der Waals surface area contributed by atoms with Crippen LogP contribution in [-0.4, -0.2) is 27.6 Å². The molecule has 2 aromatic heterocycles. The van der Waals surface area contributed by atoms with Crippen molar-refractivity contribution in [3.63, 3.8) is 0 Å². The van der Waals surface area contributed by atoms with Gasteiger partial charge in [0.15, 0.2) is 5.65 Å². The van der Waals surface area contributed by atoms with Crippen LogP contribution in [-0.2, 0) is 6.54 Å². The molecular formula is C23H22ClN3O. The maximum absolute atomic E-state index is 8.93. The Kier molecular flexibility index (Phi) is 5.44. The van der Waals surface area contributed by atoms with E-state index >= 15 is 0 Å².